The average Bonchev–Trinajstić information content (AvgIpc) is 2.08. The molecule has 0 unspecified atom stereocenters. The van der Waals surface area contributed by atoms with Gasteiger partial charge < -0.3 is 10.0 Å². The Morgan fingerprint density at radius 3 is 2.83 bits per heavy atom. The van der Waals surface area contributed by atoms with Gasteiger partial charge in [0.05, 0.1) is 5.69 Å². The fourth-order valence-corrected chi connectivity index (χ4v) is 1.20. The molecular weight excluding hydrogens is 225 g/mol. The van der Waals surface area contributed by atoms with Gasteiger partial charge in [0.1, 0.15) is 12.5 Å². The summed E-state index contributed by atoms with van der Waals surface area (Å²) in [6, 6.07) is 4.58. The topological polar surface area (TPSA) is 23.5 Å². The summed E-state index contributed by atoms with van der Waals surface area (Å²) in [4.78, 5) is 1.42. The molecule has 4 heteroatoms. The maximum Gasteiger partial charge on any atom is 0.146 e. The number of hydrogen-bond acceptors (Lipinski definition) is 2. The van der Waals surface area contributed by atoms with Gasteiger partial charge in [-0.1, -0.05) is 15.9 Å². The minimum atomic E-state index is -0.338. The monoisotopic (exact) mass is 233 g/mol. The molecule has 1 aromatic carbocycles. The zero-order chi connectivity index (χ0) is 9.14. The summed E-state index contributed by atoms with van der Waals surface area (Å²) < 4.78 is 13.8. The Balaban J connectivity index is 3.04. The van der Waals surface area contributed by atoms with E-state index in [1.54, 1.807) is 19.2 Å². The average molecular weight is 234 g/mol. The number of benzene rings is 1. The van der Waals surface area contributed by atoms with E-state index in [1.807, 2.05) is 0 Å². The molecule has 1 rings (SSSR count). The van der Waals surface area contributed by atoms with Crippen LogP contribution >= 0.6 is 15.9 Å². The zero-order valence-electron chi connectivity index (χ0n) is 6.59. The van der Waals surface area contributed by atoms with Crippen LogP contribution in [-0.2, 0) is 0 Å². The molecule has 0 aliphatic heterocycles. The van der Waals surface area contributed by atoms with Gasteiger partial charge in [0, 0.05) is 11.5 Å². The van der Waals surface area contributed by atoms with Gasteiger partial charge >= 0.3 is 0 Å². The number of hydrogen-bond donors (Lipinski definition) is 1. The van der Waals surface area contributed by atoms with Crippen LogP contribution in [0.4, 0.5) is 10.1 Å². The summed E-state index contributed by atoms with van der Waals surface area (Å²) in [5.41, 5.74) is 0.381. The van der Waals surface area contributed by atoms with Crippen molar-refractivity contribution in [3.05, 3.63) is 28.5 Å². The second kappa shape index (κ2) is 3.87. The highest BCUT2D eigenvalue weighted by molar-refractivity contribution is 9.10. The lowest BCUT2D eigenvalue weighted by atomic mass is 10.3. The molecule has 0 aliphatic rings. The number of nitrogens with zero attached hydrogens (tertiary/aromatic N) is 1. The molecule has 0 bridgehead atoms. The van der Waals surface area contributed by atoms with Gasteiger partial charge in [-0.2, -0.15) is 0 Å². The second-order valence-corrected chi connectivity index (χ2v) is 3.35. The molecule has 0 radical (unpaired) electrons. The van der Waals surface area contributed by atoms with Crippen molar-refractivity contribution in [2.75, 3.05) is 18.7 Å². The Hall–Kier alpha value is -0.610. The summed E-state index contributed by atoms with van der Waals surface area (Å²) in [6.07, 6.45) is 0. The predicted molar refractivity (Wildman–Crippen MR) is 49.6 cm³/mol. The Morgan fingerprint density at radius 2 is 2.25 bits per heavy atom. The van der Waals surface area contributed by atoms with Crippen molar-refractivity contribution in [3.63, 3.8) is 0 Å². The predicted octanol–water partition coefficient (Wildman–Crippen LogP) is 1.97. The summed E-state index contributed by atoms with van der Waals surface area (Å²) in [7, 11) is 1.62. The van der Waals surface area contributed by atoms with Gasteiger partial charge in [-0.3, -0.25) is 0 Å². The SMILES string of the molecule is CN(CO)c1cc(Br)ccc1F. The normalized spacial score (nSPS) is 10.0. The van der Waals surface area contributed by atoms with E-state index < -0.39 is 0 Å². The van der Waals surface area contributed by atoms with Crippen molar-refractivity contribution in [1.82, 2.24) is 0 Å². The van der Waals surface area contributed by atoms with E-state index in [0.717, 1.165) is 4.47 Å². The van der Waals surface area contributed by atoms with Crippen molar-refractivity contribution in [3.8, 4) is 0 Å². The van der Waals surface area contributed by atoms with Crippen molar-refractivity contribution in [2.45, 2.75) is 0 Å². The highest BCUT2D eigenvalue weighted by atomic mass is 79.9. The largest absolute Gasteiger partial charge is 0.376 e. The summed E-state index contributed by atoms with van der Waals surface area (Å²) in [5, 5.41) is 8.75. The summed E-state index contributed by atoms with van der Waals surface area (Å²) >= 11 is 3.22. The maximum atomic E-state index is 13.0. The smallest absolute Gasteiger partial charge is 0.146 e. The van der Waals surface area contributed by atoms with E-state index >= 15 is 0 Å². The Labute approximate surface area is 78.7 Å². The summed E-state index contributed by atoms with van der Waals surface area (Å²) in [6.45, 7) is -0.201. The molecule has 1 N–H and O–H groups in total. The standard InChI is InChI=1S/C8H9BrFNO/c1-11(5-12)8-4-6(9)2-3-7(8)10/h2-4,12H,5H2,1H3. The molecule has 0 saturated carbocycles. The molecule has 0 saturated heterocycles. The highest BCUT2D eigenvalue weighted by Crippen LogP contribution is 2.22. The van der Waals surface area contributed by atoms with Crippen LogP contribution in [0.25, 0.3) is 0 Å². The van der Waals surface area contributed by atoms with Crippen LogP contribution in [0.3, 0.4) is 0 Å². The molecule has 1 aromatic rings. The van der Waals surface area contributed by atoms with Gasteiger partial charge in [0.15, 0.2) is 0 Å². The third-order valence-corrected chi connectivity index (χ3v) is 2.02. The van der Waals surface area contributed by atoms with Gasteiger partial charge in [-0.05, 0) is 18.2 Å². The number of anilines is 1. The highest BCUT2D eigenvalue weighted by Gasteiger charge is 2.05. The Morgan fingerprint density at radius 1 is 1.58 bits per heavy atom. The quantitative estimate of drug-likeness (QED) is 0.791. The van der Waals surface area contributed by atoms with E-state index in [1.165, 1.54) is 11.0 Å². The zero-order valence-corrected chi connectivity index (χ0v) is 8.18. The number of halogens is 2. The van der Waals surface area contributed by atoms with Crippen LogP contribution in [0.15, 0.2) is 22.7 Å². The molecule has 0 fully saturated rings. The molecule has 0 atom stereocenters. The van der Waals surface area contributed by atoms with Gasteiger partial charge in [0.25, 0.3) is 0 Å². The molecular formula is C8H9BrFNO. The van der Waals surface area contributed by atoms with Crippen LogP contribution in [0.5, 0.6) is 0 Å². The molecule has 12 heavy (non-hydrogen) atoms. The van der Waals surface area contributed by atoms with Crippen molar-refractivity contribution < 1.29 is 9.50 Å². The number of aliphatic hydroxyl groups is 1. The lowest BCUT2D eigenvalue weighted by molar-refractivity contribution is 0.297. The summed E-state index contributed by atoms with van der Waals surface area (Å²) in [5.74, 6) is -0.338. The molecule has 0 spiro atoms. The third-order valence-electron chi connectivity index (χ3n) is 1.53. The number of rotatable bonds is 2. The van der Waals surface area contributed by atoms with Crippen LogP contribution in [0.2, 0.25) is 0 Å². The van der Waals surface area contributed by atoms with Crippen molar-refractivity contribution in [2.24, 2.45) is 0 Å². The molecule has 0 aromatic heterocycles. The van der Waals surface area contributed by atoms with Crippen LogP contribution in [-0.4, -0.2) is 18.9 Å². The van der Waals surface area contributed by atoms with E-state index in [0.29, 0.717) is 5.69 Å². The Bertz CT molecular complexity index is 280. The Kier molecular flexibility index (Phi) is 3.05. The first kappa shape index (κ1) is 9.48. The van der Waals surface area contributed by atoms with Gasteiger partial charge in [-0.15, -0.1) is 0 Å². The first-order valence-electron chi connectivity index (χ1n) is 3.42. The molecule has 0 aliphatic carbocycles. The van der Waals surface area contributed by atoms with Crippen LogP contribution in [0, 0.1) is 5.82 Å². The van der Waals surface area contributed by atoms with Gasteiger partial charge in [0.2, 0.25) is 0 Å². The molecule has 2 nitrogen and oxygen atoms in total. The fourth-order valence-electron chi connectivity index (χ4n) is 0.855. The van der Waals surface area contributed by atoms with E-state index in [-0.39, 0.29) is 12.5 Å². The lowest BCUT2D eigenvalue weighted by Gasteiger charge is -2.16. The molecule has 66 valence electrons. The van der Waals surface area contributed by atoms with Crippen LogP contribution in [0.1, 0.15) is 0 Å². The van der Waals surface area contributed by atoms with Crippen molar-refractivity contribution in [1.29, 1.82) is 0 Å². The van der Waals surface area contributed by atoms with E-state index in [9.17, 15) is 4.39 Å². The third kappa shape index (κ3) is 1.95. The van der Waals surface area contributed by atoms with Gasteiger partial charge in [-0.25, -0.2) is 4.39 Å². The second-order valence-electron chi connectivity index (χ2n) is 2.44. The first-order valence-corrected chi connectivity index (χ1v) is 4.21. The van der Waals surface area contributed by atoms with Crippen molar-refractivity contribution >= 4 is 21.6 Å². The molecule has 0 heterocycles. The maximum absolute atomic E-state index is 13.0. The van der Waals surface area contributed by atoms with E-state index in [2.05, 4.69) is 15.9 Å². The lowest BCUT2D eigenvalue weighted by Crippen LogP contribution is -2.18. The minimum Gasteiger partial charge on any atom is -0.376 e. The van der Waals surface area contributed by atoms with E-state index in [4.69, 9.17) is 5.11 Å². The first-order chi connectivity index (χ1) is 5.65. The molecule has 0 amide bonds. The fraction of sp³-hybridized carbons (Fsp3) is 0.250. The number of aliphatic hydroxyl groups excluding tert-OH is 1. The minimum absolute atomic E-state index is 0.201. The van der Waals surface area contributed by atoms with Crippen LogP contribution < -0.4 is 4.90 Å².